The standard InChI is InChI=1S/C24H25NO/c1-18(25(2)3)24(22-10-6-4-7-11-22,23-12-8-5-9-13-23)26-17-19-14-20-16-21(20)15-19/h4-16,18H,17H2,1-3H3/t18-/m0/s1. The Bertz CT molecular complexity index is 827. The Morgan fingerprint density at radius 2 is 1.31 bits per heavy atom. The van der Waals surface area contributed by atoms with Crippen LogP contribution in [0, 0.1) is 0 Å². The van der Waals surface area contributed by atoms with Gasteiger partial charge in [-0.25, -0.2) is 0 Å². The highest BCUT2D eigenvalue weighted by Gasteiger charge is 2.42. The number of hydrogen-bond donors (Lipinski definition) is 0. The molecule has 0 heterocycles. The largest absolute Gasteiger partial charge is 0.359 e. The van der Waals surface area contributed by atoms with Crippen LogP contribution in [0.5, 0.6) is 0 Å². The molecule has 132 valence electrons. The molecule has 0 spiro atoms. The van der Waals surface area contributed by atoms with Gasteiger partial charge in [-0.05, 0) is 67.0 Å². The van der Waals surface area contributed by atoms with Crippen molar-refractivity contribution in [3.8, 4) is 11.1 Å². The van der Waals surface area contributed by atoms with Crippen LogP contribution in [-0.2, 0) is 16.9 Å². The maximum Gasteiger partial charge on any atom is 0.134 e. The van der Waals surface area contributed by atoms with Gasteiger partial charge in [-0.1, -0.05) is 60.7 Å². The van der Waals surface area contributed by atoms with Gasteiger partial charge in [0.15, 0.2) is 0 Å². The van der Waals surface area contributed by atoms with E-state index in [0.29, 0.717) is 6.61 Å². The smallest absolute Gasteiger partial charge is 0.134 e. The number of ether oxygens (including phenoxy) is 1. The average molecular weight is 343 g/mol. The number of rotatable bonds is 7. The van der Waals surface area contributed by atoms with Crippen LogP contribution in [0.15, 0.2) is 78.9 Å². The molecule has 0 aromatic heterocycles. The summed E-state index contributed by atoms with van der Waals surface area (Å²) in [5.41, 5.74) is 5.79. The zero-order chi connectivity index (χ0) is 18.1. The molecule has 4 rings (SSSR count). The molecule has 2 nitrogen and oxygen atoms in total. The Hall–Kier alpha value is -2.42. The van der Waals surface area contributed by atoms with Gasteiger partial charge in [0.25, 0.3) is 0 Å². The molecule has 0 bridgehead atoms. The number of likely N-dealkylation sites (N-methyl/N-ethyl adjacent to an activating group) is 1. The highest BCUT2D eigenvalue weighted by atomic mass is 16.5. The number of fused-ring (bicyclic) bond motifs is 1. The van der Waals surface area contributed by atoms with Crippen molar-refractivity contribution in [3.63, 3.8) is 0 Å². The molecule has 0 amide bonds. The highest BCUT2D eigenvalue weighted by Crippen LogP contribution is 2.41. The second-order valence-corrected chi connectivity index (χ2v) is 7.31. The van der Waals surface area contributed by atoms with Crippen LogP contribution in [0.25, 0.3) is 11.1 Å². The first kappa shape index (κ1) is 17.0. The van der Waals surface area contributed by atoms with Crippen LogP contribution in [-0.4, -0.2) is 25.0 Å². The monoisotopic (exact) mass is 343 g/mol. The number of benzene rings is 3. The summed E-state index contributed by atoms with van der Waals surface area (Å²) in [4.78, 5) is 2.24. The fraction of sp³-hybridized carbons (Fsp3) is 0.250. The molecule has 0 aliphatic heterocycles. The van der Waals surface area contributed by atoms with E-state index >= 15 is 0 Å². The number of hydrogen-bond acceptors (Lipinski definition) is 2. The molecule has 0 saturated heterocycles. The van der Waals surface area contributed by atoms with Crippen LogP contribution in [0.4, 0.5) is 0 Å². The zero-order valence-electron chi connectivity index (χ0n) is 15.6. The molecule has 26 heavy (non-hydrogen) atoms. The van der Waals surface area contributed by atoms with Crippen LogP contribution < -0.4 is 0 Å². The first-order valence-electron chi connectivity index (χ1n) is 9.17. The zero-order valence-corrected chi connectivity index (χ0v) is 15.6. The van der Waals surface area contributed by atoms with Crippen molar-refractivity contribution in [1.29, 1.82) is 0 Å². The van der Waals surface area contributed by atoms with Crippen molar-refractivity contribution in [2.24, 2.45) is 0 Å². The van der Waals surface area contributed by atoms with Gasteiger partial charge in [0.05, 0.1) is 6.61 Å². The lowest BCUT2D eigenvalue weighted by Crippen LogP contribution is -2.48. The molecule has 0 fully saturated rings. The lowest BCUT2D eigenvalue weighted by Gasteiger charge is -2.43. The second-order valence-electron chi connectivity index (χ2n) is 7.31. The summed E-state index contributed by atoms with van der Waals surface area (Å²) < 4.78 is 6.80. The predicted octanol–water partition coefficient (Wildman–Crippen LogP) is 5.08. The lowest BCUT2D eigenvalue weighted by molar-refractivity contribution is -0.0757. The van der Waals surface area contributed by atoms with Crippen molar-refractivity contribution in [3.05, 3.63) is 95.6 Å². The third-order valence-electron chi connectivity index (χ3n) is 5.48. The minimum atomic E-state index is -0.535. The Morgan fingerprint density at radius 3 is 1.77 bits per heavy atom. The first-order chi connectivity index (χ1) is 12.6. The topological polar surface area (TPSA) is 12.5 Å². The van der Waals surface area contributed by atoms with Gasteiger partial charge in [-0.15, -0.1) is 0 Å². The molecule has 1 atom stereocenters. The second kappa shape index (κ2) is 6.71. The summed E-state index contributed by atoms with van der Waals surface area (Å²) in [6.45, 7) is 2.84. The maximum absolute atomic E-state index is 6.80. The number of nitrogens with zero attached hydrogens (tertiary/aromatic N) is 1. The molecular formula is C24H25NO. The minimum Gasteiger partial charge on any atom is -0.359 e. The van der Waals surface area contributed by atoms with Crippen molar-refractivity contribution >= 4 is 0 Å². The molecular weight excluding hydrogens is 318 g/mol. The Labute approximate surface area is 156 Å². The Morgan fingerprint density at radius 1 is 0.808 bits per heavy atom. The van der Waals surface area contributed by atoms with Gasteiger partial charge < -0.3 is 9.64 Å². The van der Waals surface area contributed by atoms with Crippen LogP contribution in [0.1, 0.15) is 23.6 Å². The van der Waals surface area contributed by atoms with Crippen LogP contribution in [0.3, 0.4) is 0 Å². The molecule has 0 saturated carbocycles. The van der Waals surface area contributed by atoms with E-state index in [1.807, 2.05) is 0 Å². The van der Waals surface area contributed by atoms with Crippen molar-refractivity contribution in [2.75, 3.05) is 14.1 Å². The molecule has 2 heteroatoms. The molecule has 0 unspecified atom stereocenters. The Kier molecular flexibility index (Phi) is 4.39. The summed E-state index contributed by atoms with van der Waals surface area (Å²) in [6.07, 6.45) is 0. The van der Waals surface area contributed by atoms with E-state index in [1.54, 1.807) is 0 Å². The minimum absolute atomic E-state index is 0.163. The fourth-order valence-electron chi connectivity index (χ4n) is 3.77. The summed E-state index contributed by atoms with van der Waals surface area (Å²) in [5, 5.41) is 0. The maximum atomic E-state index is 6.80. The average Bonchev–Trinajstić information content (AvgIpc) is 3.29. The van der Waals surface area contributed by atoms with Crippen molar-refractivity contribution in [2.45, 2.75) is 25.2 Å². The lowest BCUT2D eigenvalue weighted by atomic mass is 9.80. The Balaban J connectivity index is 1.80. The van der Waals surface area contributed by atoms with E-state index < -0.39 is 5.60 Å². The third-order valence-corrected chi connectivity index (χ3v) is 5.48. The summed E-state index contributed by atoms with van der Waals surface area (Å²) >= 11 is 0. The summed E-state index contributed by atoms with van der Waals surface area (Å²) in [5.74, 6) is 0. The highest BCUT2D eigenvalue weighted by molar-refractivity contribution is 5.82. The summed E-state index contributed by atoms with van der Waals surface area (Å²) in [7, 11) is 4.23. The molecule has 2 aliphatic carbocycles. The molecule has 0 N–H and O–H groups in total. The van der Waals surface area contributed by atoms with E-state index in [0.717, 1.165) is 0 Å². The third kappa shape index (κ3) is 2.96. The van der Waals surface area contributed by atoms with E-state index in [2.05, 4.69) is 105 Å². The predicted molar refractivity (Wildman–Crippen MR) is 107 cm³/mol. The molecule has 2 aromatic carbocycles. The van der Waals surface area contributed by atoms with Crippen molar-refractivity contribution in [1.82, 2.24) is 4.90 Å². The first-order valence-corrected chi connectivity index (χ1v) is 9.17. The fourth-order valence-corrected chi connectivity index (χ4v) is 3.77. The van der Waals surface area contributed by atoms with Crippen LogP contribution >= 0.6 is 0 Å². The van der Waals surface area contributed by atoms with E-state index in [9.17, 15) is 0 Å². The quantitative estimate of drug-likeness (QED) is 0.464. The van der Waals surface area contributed by atoms with Gasteiger partial charge in [-0.2, -0.15) is 0 Å². The molecule has 2 aromatic rings. The SMILES string of the molecule is C[C@H](N(C)C)C(OCc1cc2cc-2c1)(c1ccccc1)c1ccccc1. The molecule has 0 radical (unpaired) electrons. The normalized spacial score (nSPS) is 13.7. The van der Waals surface area contributed by atoms with E-state index in [1.165, 1.54) is 27.8 Å². The van der Waals surface area contributed by atoms with Gasteiger partial charge in [0.2, 0.25) is 0 Å². The van der Waals surface area contributed by atoms with Gasteiger partial charge >= 0.3 is 0 Å². The van der Waals surface area contributed by atoms with E-state index in [4.69, 9.17) is 4.74 Å². The van der Waals surface area contributed by atoms with E-state index in [-0.39, 0.29) is 6.04 Å². The van der Waals surface area contributed by atoms with Gasteiger partial charge in [-0.3, -0.25) is 0 Å². The summed E-state index contributed by atoms with van der Waals surface area (Å²) in [6, 6.07) is 28.0. The van der Waals surface area contributed by atoms with Crippen LogP contribution in [0.2, 0.25) is 0 Å². The molecule has 2 aliphatic rings. The van der Waals surface area contributed by atoms with Gasteiger partial charge in [0.1, 0.15) is 5.60 Å². The van der Waals surface area contributed by atoms with Crippen molar-refractivity contribution < 1.29 is 4.74 Å². The van der Waals surface area contributed by atoms with Gasteiger partial charge in [0, 0.05) is 6.04 Å².